The van der Waals surface area contributed by atoms with Crippen molar-refractivity contribution in [1.29, 1.82) is 0 Å². The number of benzene rings is 1. The molecule has 0 spiro atoms. The molecule has 0 unspecified atom stereocenters. The van der Waals surface area contributed by atoms with Gasteiger partial charge in [-0.15, -0.1) is 0 Å². The molecule has 98 valence electrons. The predicted octanol–water partition coefficient (Wildman–Crippen LogP) is 2.37. The van der Waals surface area contributed by atoms with Gasteiger partial charge >= 0.3 is 5.97 Å². The average molecular weight is 259 g/mol. The average Bonchev–Trinajstić information content (AvgIpc) is 2.46. The Morgan fingerprint density at radius 1 is 1.37 bits per heavy atom. The first kappa shape index (κ1) is 12.9. The van der Waals surface area contributed by atoms with Gasteiger partial charge in [-0.05, 0) is 24.3 Å². The fourth-order valence-electron chi connectivity index (χ4n) is 1.57. The molecule has 1 heterocycles. The molecule has 5 nitrogen and oxygen atoms in total. The first-order valence-corrected chi connectivity index (χ1v) is 5.63. The lowest BCUT2D eigenvalue weighted by atomic mass is 10.2. The van der Waals surface area contributed by atoms with Crippen molar-refractivity contribution in [3.8, 4) is 11.5 Å². The van der Waals surface area contributed by atoms with Gasteiger partial charge in [0.15, 0.2) is 0 Å². The highest BCUT2D eigenvalue weighted by molar-refractivity contribution is 5.91. The summed E-state index contributed by atoms with van der Waals surface area (Å²) in [6, 6.07) is 8.33. The van der Waals surface area contributed by atoms with E-state index in [-0.39, 0.29) is 12.2 Å². The number of aromatic nitrogens is 1. The van der Waals surface area contributed by atoms with Crippen LogP contribution >= 0.6 is 0 Å². The van der Waals surface area contributed by atoms with E-state index in [4.69, 9.17) is 14.6 Å². The molecule has 0 aliphatic heterocycles. The zero-order valence-corrected chi connectivity index (χ0v) is 10.4. The fourth-order valence-corrected chi connectivity index (χ4v) is 1.57. The summed E-state index contributed by atoms with van der Waals surface area (Å²) in [5.74, 6) is -0.275. The number of rotatable bonds is 5. The molecular weight excluding hydrogens is 246 g/mol. The third-order valence-corrected chi connectivity index (χ3v) is 2.53. The van der Waals surface area contributed by atoms with Crippen LogP contribution in [-0.2, 0) is 6.61 Å². The molecule has 19 heavy (non-hydrogen) atoms. The minimum Gasteiger partial charge on any atom is -0.497 e. The summed E-state index contributed by atoms with van der Waals surface area (Å²) >= 11 is 0. The van der Waals surface area contributed by atoms with Crippen LogP contribution in [0.1, 0.15) is 15.9 Å². The second-order valence-electron chi connectivity index (χ2n) is 3.82. The fraction of sp³-hybridized carbons (Fsp3) is 0.143. The number of carboxylic acids is 1. The molecule has 0 bridgehead atoms. The van der Waals surface area contributed by atoms with E-state index in [1.807, 2.05) is 6.07 Å². The summed E-state index contributed by atoms with van der Waals surface area (Å²) in [6.45, 7) is 0.264. The normalized spacial score (nSPS) is 9.95. The van der Waals surface area contributed by atoms with Gasteiger partial charge in [-0.1, -0.05) is 6.07 Å². The van der Waals surface area contributed by atoms with E-state index in [2.05, 4.69) is 4.98 Å². The molecule has 0 radical (unpaired) electrons. The summed E-state index contributed by atoms with van der Waals surface area (Å²) < 4.78 is 10.5. The summed E-state index contributed by atoms with van der Waals surface area (Å²) in [5.41, 5.74) is 0.942. The number of ether oxygens (including phenoxy) is 2. The Hall–Kier alpha value is -2.56. The molecule has 1 N–H and O–H groups in total. The van der Waals surface area contributed by atoms with Crippen LogP contribution in [0.25, 0.3) is 0 Å². The molecular formula is C14H13NO4. The molecule has 0 saturated heterocycles. The Morgan fingerprint density at radius 2 is 2.21 bits per heavy atom. The van der Waals surface area contributed by atoms with Crippen molar-refractivity contribution < 1.29 is 19.4 Å². The van der Waals surface area contributed by atoms with Crippen LogP contribution in [0.4, 0.5) is 0 Å². The first-order valence-electron chi connectivity index (χ1n) is 5.63. The lowest BCUT2D eigenvalue weighted by Gasteiger charge is -2.10. The molecule has 0 amide bonds. The maximum Gasteiger partial charge on any atom is 0.339 e. The van der Waals surface area contributed by atoms with Gasteiger partial charge in [0.1, 0.15) is 23.7 Å². The second kappa shape index (κ2) is 5.86. The minimum atomic E-state index is -1.06. The number of hydrogen-bond donors (Lipinski definition) is 1. The quantitative estimate of drug-likeness (QED) is 0.892. The molecule has 2 aromatic rings. The summed E-state index contributed by atoms with van der Waals surface area (Å²) in [4.78, 5) is 15.1. The van der Waals surface area contributed by atoms with Gasteiger partial charge in [-0.2, -0.15) is 0 Å². The van der Waals surface area contributed by atoms with Crippen molar-refractivity contribution in [1.82, 2.24) is 4.98 Å². The van der Waals surface area contributed by atoms with Gasteiger partial charge in [-0.25, -0.2) is 4.79 Å². The standard InChI is InChI=1S/C14H13NO4/c1-18-11-4-5-13(12(7-11)14(16)17)19-9-10-3-2-6-15-8-10/h2-8H,9H2,1H3,(H,16,17). The number of nitrogens with zero attached hydrogens (tertiary/aromatic N) is 1. The van der Waals surface area contributed by atoms with E-state index in [0.29, 0.717) is 11.5 Å². The lowest BCUT2D eigenvalue weighted by Crippen LogP contribution is -2.04. The Labute approximate surface area is 110 Å². The molecule has 0 fully saturated rings. The Kier molecular flexibility index (Phi) is 3.97. The van der Waals surface area contributed by atoms with E-state index in [1.54, 1.807) is 30.6 Å². The van der Waals surface area contributed by atoms with Crippen LogP contribution in [0.5, 0.6) is 11.5 Å². The van der Waals surface area contributed by atoms with Gasteiger partial charge in [0.25, 0.3) is 0 Å². The SMILES string of the molecule is COc1ccc(OCc2cccnc2)c(C(=O)O)c1. The van der Waals surface area contributed by atoms with Gasteiger partial charge in [-0.3, -0.25) is 4.98 Å². The molecule has 0 saturated carbocycles. The number of methoxy groups -OCH3 is 1. The largest absolute Gasteiger partial charge is 0.497 e. The second-order valence-corrected chi connectivity index (χ2v) is 3.82. The number of pyridine rings is 1. The van der Waals surface area contributed by atoms with Crippen molar-refractivity contribution in [2.24, 2.45) is 0 Å². The molecule has 0 atom stereocenters. The highest BCUT2D eigenvalue weighted by Gasteiger charge is 2.12. The van der Waals surface area contributed by atoms with Crippen molar-refractivity contribution in [2.75, 3.05) is 7.11 Å². The van der Waals surface area contributed by atoms with E-state index in [0.717, 1.165) is 5.56 Å². The zero-order chi connectivity index (χ0) is 13.7. The summed E-state index contributed by atoms with van der Waals surface area (Å²) in [7, 11) is 1.48. The smallest absolute Gasteiger partial charge is 0.339 e. The van der Waals surface area contributed by atoms with Gasteiger partial charge in [0, 0.05) is 18.0 Å². The maximum absolute atomic E-state index is 11.2. The number of aromatic carboxylic acids is 1. The number of hydrogen-bond acceptors (Lipinski definition) is 4. The highest BCUT2D eigenvalue weighted by Crippen LogP contribution is 2.24. The molecule has 5 heteroatoms. The molecule has 1 aromatic carbocycles. The van der Waals surface area contributed by atoms with E-state index < -0.39 is 5.97 Å². The van der Waals surface area contributed by atoms with E-state index in [9.17, 15) is 4.79 Å². The third kappa shape index (κ3) is 3.22. The third-order valence-electron chi connectivity index (χ3n) is 2.53. The van der Waals surface area contributed by atoms with Gasteiger partial charge in [0.05, 0.1) is 7.11 Å². The highest BCUT2D eigenvalue weighted by atomic mass is 16.5. The molecule has 0 aliphatic rings. The van der Waals surface area contributed by atoms with Crippen molar-refractivity contribution >= 4 is 5.97 Å². The van der Waals surface area contributed by atoms with Crippen LogP contribution in [0.15, 0.2) is 42.7 Å². The Balaban J connectivity index is 2.18. The van der Waals surface area contributed by atoms with Crippen LogP contribution in [-0.4, -0.2) is 23.2 Å². The van der Waals surface area contributed by atoms with Crippen molar-refractivity contribution in [3.05, 3.63) is 53.9 Å². The van der Waals surface area contributed by atoms with Crippen molar-refractivity contribution in [2.45, 2.75) is 6.61 Å². The summed E-state index contributed by atoms with van der Waals surface area (Å²) in [6.07, 6.45) is 3.34. The molecule has 1 aromatic heterocycles. The minimum absolute atomic E-state index is 0.0724. The molecule has 2 rings (SSSR count). The number of carbonyl (C=O) groups is 1. The Morgan fingerprint density at radius 3 is 2.84 bits per heavy atom. The van der Waals surface area contributed by atoms with Gasteiger partial charge < -0.3 is 14.6 Å². The van der Waals surface area contributed by atoms with Crippen LogP contribution < -0.4 is 9.47 Å². The number of carboxylic acid groups (broad SMARTS) is 1. The molecule has 0 aliphatic carbocycles. The zero-order valence-electron chi connectivity index (χ0n) is 10.4. The maximum atomic E-state index is 11.2. The van der Waals surface area contributed by atoms with Gasteiger partial charge in [0.2, 0.25) is 0 Å². The lowest BCUT2D eigenvalue weighted by molar-refractivity contribution is 0.0691. The van der Waals surface area contributed by atoms with E-state index >= 15 is 0 Å². The van der Waals surface area contributed by atoms with E-state index in [1.165, 1.54) is 13.2 Å². The monoisotopic (exact) mass is 259 g/mol. The predicted molar refractivity (Wildman–Crippen MR) is 68.5 cm³/mol. The summed E-state index contributed by atoms with van der Waals surface area (Å²) in [5, 5.41) is 9.13. The Bertz CT molecular complexity index is 569. The van der Waals surface area contributed by atoms with Crippen LogP contribution in [0, 0.1) is 0 Å². The first-order chi connectivity index (χ1) is 9.20. The van der Waals surface area contributed by atoms with Crippen LogP contribution in [0.3, 0.4) is 0 Å². The van der Waals surface area contributed by atoms with Crippen LogP contribution in [0.2, 0.25) is 0 Å². The van der Waals surface area contributed by atoms with Crippen molar-refractivity contribution in [3.63, 3.8) is 0 Å². The topological polar surface area (TPSA) is 68.7 Å².